The zero-order valence-electron chi connectivity index (χ0n) is 25.5. The highest BCUT2D eigenvalue weighted by atomic mass is 16.5. The average molecular weight is 574 g/mol. The van der Waals surface area contributed by atoms with Gasteiger partial charge >= 0.3 is 0 Å². The number of benzene rings is 4. The monoisotopic (exact) mass is 573 g/mol. The fourth-order valence-corrected chi connectivity index (χ4v) is 5.46. The van der Waals surface area contributed by atoms with Gasteiger partial charge in [0.1, 0.15) is 18.2 Å². The van der Waals surface area contributed by atoms with Crippen molar-refractivity contribution < 1.29 is 9.53 Å². The molecule has 0 aliphatic rings. The summed E-state index contributed by atoms with van der Waals surface area (Å²) < 4.78 is 8.41. The predicted octanol–water partition coefficient (Wildman–Crippen LogP) is 8.37. The van der Waals surface area contributed by atoms with Crippen LogP contribution in [0.3, 0.4) is 0 Å². The summed E-state index contributed by atoms with van der Waals surface area (Å²) in [5, 5.41) is 3.09. The zero-order chi connectivity index (χ0) is 29.9. The molecule has 1 heterocycles. The third-order valence-electron chi connectivity index (χ3n) is 8.20. The summed E-state index contributed by atoms with van der Waals surface area (Å²) in [7, 11) is 0. The number of unbranched alkanes of at least 4 members (excludes halogenated alkanes) is 2. The maximum Gasteiger partial charge on any atom is 0.224 e. The highest BCUT2D eigenvalue weighted by molar-refractivity contribution is 5.79. The van der Waals surface area contributed by atoms with Crippen LogP contribution in [0.4, 0.5) is 0 Å². The molecule has 0 aliphatic carbocycles. The Hall–Kier alpha value is -4.38. The van der Waals surface area contributed by atoms with Crippen LogP contribution >= 0.6 is 0 Å². The third kappa shape index (κ3) is 8.35. The molecule has 5 aromatic rings. The van der Waals surface area contributed by atoms with E-state index in [2.05, 4.69) is 90.5 Å². The summed E-state index contributed by atoms with van der Waals surface area (Å²) >= 11 is 0. The number of fused-ring (bicyclic) bond motifs is 1. The van der Waals surface area contributed by atoms with Crippen LogP contribution in [0.1, 0.15) is 62.4 Å². The molecular formula is C38H43N3O2. The number of imidazole rings is 1. The molecule has 1 atom stereocenters. The minimum atomic E-state index is 0.0729. The van der Waals surface area contributed by atoms with Crippen LogP contribution in [0, 0.1) is 0 Å². The fourth-order valence-electron chi connectivity index (χ4n) is 5.46. The summed E-state index contributed by atoms with van der Waals surface area (Å²) in [5.41, 5.74) is 6.91. The number of hydrogen-bond donors (Lipinski definition) is 1. The number of aromatic nitrogens is 2. The number of aryl methyl sites for hydroxylation is 1. The Kier molecular flexibility index (Phi) is 10.6. The van der Waals surface area contributed by atoms with E-state index in [9.17, 15) is 4.79 Å². The van der Waals surface area contributed by atoms with Gasteiger partial charge in [0.25, 0.3) is 0 Å². The van der Waals surface area contributed by atoms with E-state index in [1.807, 2.05) is 36.4 Å². The standard InChI is InChI=1S/C38H43N3O2/c1-3-29(2)31-21-23-34(24-22-31)43-27-26-41-36-15-10-9-14-35(36)40-37(41)16-8-5-11-25-39-38(42)28-30-17-19-33(20-18-30)32-12-6-4-7-13-32/h4,6-7,9-10,12-15,17-24,29H,3,5,8,11,16,25-28H2,1-2H3,(H,39,42). The lowest BCUT2D eigenvalue weighted by molar-refractivity contribution is -0.120. The molecule has 5 nitrogen and oxygen atoms in total. The van der Waals surface area contributed by atoms with E-state index in [0.29, 0.717) is 25.5 Å². The van der Waals surface area contributed by atoms with Gasteiger partial charge in [-0.25, -0.2) is 4.98 Å². The Morgan fingerprint density at radius 3 is 2.33 bits per heavy atom. The lowest BCUT2D eigenvalue weighted by Gasteiger charge is -2.13. The molecule has 1 aromatic heterocycles. The second-order valence-corrected chi connectivity index (χ2v) is 11.3. The van der Waals surface area contributed by atoms with E-state index in [1.54, 1.807) is 0 Å². The van der Waals surface area contributed by atoms with Crippen LogP contribution in [0.5, 0.6) is 5.75 Å². The molecule has 5 rings (SSSR count). The Labute approximate surface area is 255 Å². The number of rotatable bonds is 15. The number of para-hydroxylation sites is 2. The second kappa shape index (κ2) is 15.2. The molecule has 0 aliphatic heterocycles. The summed E-state index contributed by atoms with van der Waals surface area (Å²) in [6.45, 7) is 6.52. The average Bonchev–Trinajstić information content (AvgIpc) is 3.40. The fraction of sp³-hybridized carbons (Fsp3) is 0.316. The van der Waals surface area contributed by atoms with Gasteiger partial charge in [0.05, 0.1) is 24.0 Å². The number of ether oxygens (including phenoxy) is 1. The molecule has 5 heteroatoms. The highest BCUT2D eigenvalue weighted by Crippen LogP contribution is 2.23. The first-order valence-corrected chi connectivity index (χ1v) is 15.7. The first-order valence-electron chi connectivity index (χ1n) is 15.7. The molecule has 0 saturated heterocycles. The zero-order valence-corrected chi connectivity index (χ0v) is 25.5. The van der Waals surface area contributed by atoms with Crippen LogP contribution in [0.25, 0.3) is 22.2 Å². The van der Waals surface area contributed by atoms with Gasteiger partial charge in [-0.15, -0.1) is 0 Å². The molecule has 43 heavy (non-hydrogen) atoms. The molecular weight excluding hydrogens is 530 g/mol. The van der Waals surface area contributed by atoms with E-state index in [0.717, 1.165) is 72.4 Å². The number of hydrogen-bond acceptors (Lipinski definition) is 3. The minimum Gasteiger partial charge on any atom is -0.492 e. The van der Waals surface area contributed by atoms with Crippen molar-refractivity contribution >= 4 is 16.9 Å². The summed E-state index contributed by atoms with van der Waals surface area (Å²) in [4.78, 5) is 17.4. The topological polar surface area (TPSA) is 56.1 Å². The largest absolute Gasteiger partial charge is 0.492 e. The van der Waals surface area contributed by atoms with Crippen LogP contribution in [-0.2, 0) is 24.2 Å². The minimum absolute atomic E-state index is 0.0729. The molecule has 0 spiro atoms. The molecule has 222 valence electrons. The first kappa shape index (κ1) is 30.1. The Morgan fingerprint density at radius 1 is 0.837 bits per heavy atom. The molecule has 1 unspecified atom stereocenters. The first-order chi connectivity index (χ1) is 21.1. The molecule has 0 fully saturated rings. The summed E-state index contributed by atoms with van der Waals surface area (Å²) in [6.07, 6.45) is 5.46. The number of amides is 1. The van der Waals surface area contributed by atoms with E-state index >= 15 is 0 Å². The van der Waals surface area contributed by atoms with Crippen LogP contribution in [0.15, 0.2) is 103 Å². The molecule has 1 amide bonds. The van der Waals surface area contributed by atoms with Gasteiger partial charge in [-0.3, -0.25) is 4.79 Å². The van der Waals surface area contributed by atoms with Gasteiger partial charge in [-0.1, -0.05) is 99.1 Å². The normalized spacial score (nSPS) is 11.9. The lowest BCUT2D eigenvalue weighted by Crippen LogP contribution is -2.26. The maximum absolute atomic E-state index is 12.5. The summed E-state index contributed by atoms with van der Waals surface area (Å²) in [5.74, 6) is 2.64. The number of carbonyl (C=O) groups excluding carboxylic acids is 1. The van der Waals surface area contributed by atoms with Crippen LogP contribution < -0.4 is 10.1 Å². The number of carbonyl (C=O) groups is 1. The Morgan fingerprint density at radius 2 is 1.56 bits per heavy atom. The van der Waals surface area contributed by atoms with Gasteiger partial charge < -0.3 is 14.6 Å². The van der Waals surface area contributed by atoms with E-state index in [-0.39, 0.29) is 5.91 Å². The van der Waals surface area contributed by atoms with E-state index in [4.69, 9.17) is 9.72 Å². The number of nitrogens with one attached hydrogen (secondary N) is 1. The van der Waals surface area contributed by atoms with Crippen molar-refractivity contribution in [3.05, 3.63) is 120 Å². The van der Waals surface area contributed by atoms with Gasteiger partial charge in [0, 0.05) is 13.0 Å². The van der Waals surface area contributed by atoms with Gasteiger partial charge in [0.2, 0.25) is 5.91 Å². The maximum atomic E-state index is 12.5. The van der Waals surface area contributed by atoms with Gasteiger partial charge in [-0.2, -0.15) is 0 Å². The van der Waals surface area contributed by atoms with Crippen molar-refractivity contribution in [1.82, 2.24) is 14.9 Å². The Balaban J connectivity index is 1.05. The smallest absolute Gasteiger partial charge is 0.224 e. The quantitative estimate of drug-likeness (QED) is 0.128. The lowest BCUT2D eigenvalue weighted by atomic mass is 9.99. The van der Waals surface area contributed by atoms with Crippen molar-refractivity contribution in [3.63, 3.8) is 0 Å². The van der Waals surface area contributed by atoms with Gasteiger partial charge in [0.15, 0.2) is 0 Å². The van der Waals surface area contributed by atoms with Gasteiger partial charge in [-0.05, 0) is 71.7 Å². The van der Waals surface area contributed by atoms with Crippen LogP contribution in [-0.4, -0.2) is 28.6 Å². The Bertz CT molecular complexity index is 1570. The SMILES string of the molecule is CCC(C)c1ccc(OCCn2c(CCCCCNC(=O)Cc3ccc(-c4ccccc4)cc3)nc3ccccc32)cc1. The molecule has 1 N–H and O–H groups in total. The van der Waals surface area contributed by atoms with E-state index in [1.165, 1.54) is 11.1 Å². The predicted molar refractivity (Wildman–Crippen MR) is 177 cm³/mol. The third-order valence-corrected chi connectivity index (χ3v) is 8.20. The van der Waals surface area contributed by atoms with Crippen molar-refractivity contribution in [2.45, 2.75) is 64.8 Å². The second-order valence-electron chi connectivity index (χ2n) is 11.3. The van der Waals surface area contributed by atoms with Crippen molar-refractivity contribution in [3.8, 4) is 16.9 Å². The van der Waals surface area contributed by atoms with Crippen molar-refractivity contribution in [2.75, 3.05) is 13.2 Å². The highest BCUT2D eigenvalue weighted by Gasteiger charge is 2.11. The van der Waals surface area contributed by atoms with Crippen LogP contribution in [0.2, 0.25) is 0 Å². The molecule has 0 bridgehead atoms. The van der Waals surface area contributed by atoms with Crippen molar-refractivity contribution in [2.24, 2.45) is 0 Å². The molecule has 0 radical (unpaired) electrons. The van der Waals surface area contributed by atoms with E-state index < -0.39 is 0 Å². The number of nitrogens with zero attached hydrogens (tertiary/aromatic N) is 2. The molecule has 4 aromatic carbocycles. The van der Waals surface area contributed by atoms with Crippen molar-refractivity contribution in [1.29, 1.82) is 0 Å². The molecule has 0 saturated carbocycles. The summed E-state index contributed by atoms with van der Waals surface area (Å²) in [6, 6.07) is 35.4.